The summed E-state index contributed by atoms with van der Waals surface area (Å²) in [6.45, 7) is 1.94. The second kappa shape index (κ2) is 7.29. The molecule has 0 saturated heterocycles. The van der Waals surface area contributed by atoms with Crippen molar-refractivity contribution in [1.82, 2.24) is 0 Å². The summed E-state index contributed by atoms with van der Waals surface area (Å²) in [5, 5.41) is 19.9. The molecule has 116 valence electrons. The Balaban J connectivity index is 2.50. The van der Waals surface area contributed by atoms with Crippen molar-refractivity contribution in [3.63, 3.8) is 0 Å². The highest BCUT2D eigenvalue weighted by atomic mass is 79.9. The third-order valence-corrected chi connectivity index (χ3v) is 5.08. The van der Waals surface area contributed by atoms with E-state index in [1.165, 1.54) is 0 Å². The minimum Gasteiger partial charge on any atom is -0.506 e. The van der Waals surface area contributed by atoms with Gasteiger partial charge in [-0.2, -0.15) is 0 Å². The summed E-state index contributed by atoms with van der Waals surface area (Å²) >= 11 is 6.81. The number of carboxylic acid groups (broad SMARTS) is 1. The Hall–Kier alpha value is -1.33. The van der Waals surface area contributed by atoms with E-state index in [9.17, 15) is 15.0 Å². The number of hydrogen-bond acceptors (Lipinski definition) is 2. The smallest absolute Gasteiger partial charge is 0.311 e. The number of halogens is 2. The predicted octanol–water partition coefficient (Wildman–Crippen LogP) is 4.89. The minimum atomic E-state index is -0.922. The molecule has 2 aromatic rings. The summed E-state index contributed by atoms with van der Waals surface area (Å²) < 4.78 is 1.14. The highest BCUT2D eigenvalue weighted by molar-refractivity contribution is 9.11. The van der Waals surface area contributed by atoms with Crippen molar-refractivity contribution in [2.24, 2.45) is 0 Å². The standard InChI is InChI=1S/C17H16Br2O3/c1-2-11-9-13(18)14(15(19)16(11)20)12(17(21)22)8-10-6-4-3-5-7-10/h3-7,9,12,20H,2,8H2,1H3,(H,21,22). The summed E-state index contributed by atoms with van der Waals surface area (Å²) in [7, 11) is 0. The van der Waals surface area contributed by atoms with Crippen molar-refractivity contribution in [3.05, 3.63) is 62.0 Å². The zero-order chi connectivity index (χ0) is 16.3. The number of aliphatic carboxylic acids is 1. The molecular formula is C17H16Br2O3. The topological polar surface area (TPSA) is 57.5 Å². The van der Waals surface area contributed by atoms with Crippen LogP contribution in [0.25, 0.3) is 0 Å². The third kappa shape index (κ3) is 3.52. The summed E-state index contributed by atoms with van der Waals surface area (Å²) in [5.74, 6) is -1.56. The zero-order valence-corrected chi connectivity index (χ0v) is 15.2. The fourth-order valence-corrected chi connectivity index (χ4v) is 4.19. The molecule has 0 heterocycles. The lowest BCUT2D eigenvalue weighted by Gasteiger charge is -2.19. The van der Waals surface area contributed by atoms with Crippen LogP contribution in [0, 0.1) is 0 Å². The largest absolute Gasteiger partial charge is 0.506 e. The Labute approximate surface area is 146 Å². The van der Waals surface area contributed by atoms with Gasteiger partial charge in [-0.05, 0) is 51.5 Å². The quantitative estimate of drug-likeness (QED) is 0.713. The van der Waals surface area contributed by atoms with E-state index in [0.717, 1.165) is 11.1 Å². The summed E-state index contributed by atoms with van der Waals surface area (Å²) in [6.07, 6.45) is 1.03. The van der Waals surface area contributed by atoms with Crippen molar-refractivity contribution in [3.8, 4) is 5.75 Å². The van der Waals surface area contributed by atoms with Gasteiger partial charge >= 0.3 is 5.97 Å². The van der Waals surface area contributed by atoms with Crippen LogP contribution >= 0.6 is 31.9 Å². The van der Waals surface area contributed by atoms with Crippen LogP contribution < -0.4 is 0 Å². The molecule has 2 N–H and O–H groups in total. The first-order valence-electron chi connectivity index (χ1n) is 6.92. The third-order valence-electron chi connectivity index (χ3n) is 3.62. The number of hydrogen-bond donors (Lipinski definition) is 2. The summed E-state index contributed by atoms with van der Waals surface area (Å²) in [5.41, 5.74) is 2.27. The van der Waals surface area contributed by atoms with Crippen LogP contribution in [0.4, 0.5) is 0 Å². The molecular weight excluding hydrogens is 412 g/mol. The molecule has 0 radical (unpaired) electrons. The van der Waals surface area contributed by atoms with Crippen molar-refractivity contribution in [1.29, 1.82) is 0 Å². The van der Waals surface area contributed by atoms with Crippen molar-refractivity contribution >= 4 is 37.8 Å². The Morgan fingerprint density at radius 3 is 2.41 bits per heavy atom. The van der Waals surface area contributed by atoms with Crippen molar-refractivity contribution in [2.45, 2.75) is 25.7 Å². The fraction of sp³-hybridized carbons (Fsp3) is 0.235. The summed E-state index contributed by atoms with van der Waals surface area (Å²) in [4.78, 5) is 11.8. The molecule has 0 bridgehead atoms. The molecule has 0 spiro atoms. The average molecular weight is 428 g/mol. The van der Waals surface area contributed by atoms with Gasteiger partial charge in [-0.25, -0.2) is 0 Å². The van der Waals surface area contributed by atoms with E-state index in [1.54, 1.807) is 6.07 Å². The average Bonchev–Trinajstić information content (AvgIpc) is 2.50. The van der Waals surface area contributed by atoms with Crippen LogP contribution in [-0.2, 0) is 17.6 Å². The van der Waals surface area contributed by atoms with Crippen molar-refractivity contribution in [2.75, 3.05) is 0 Å². The maximum Gasteiger partial charge on any atom is 0.311 e. The lowest BCUT2D eigenvalue weighted by Crippen LogP contribution is -2.16. The molecule has 1 unspecified atom stereocenters. The molecule has 0 aliphatic rings. The Morgan fingerprint density at radius 1 is 1.23 bits per heavy atom. The lowest BCUT2D eigenvalue weighted by atomic mass is 9.91. The molecule has 0 aromatic heterocycles. The van der Waals surface area contributed by atoms with Gasteiger partial charge in [0.1, 0.15) is 5.75 Å². The predicted molar refractivity (Wildman–Crippen MR) is 93.4 cm³/mol. The van der Waals surface area contributed by atoms with E-state index in [1.807, 2.05) is 37.3 Å². The van der Waals surface area contributed by atoms with Gasteiger partial charge in [0.05, 0.1) is 10.4 Å². The molecule has 5 heteroatoms. The van der Waals surface area contributed by atoms with Crippen molar-refractivity contribution < 1.29 is 15.0 Å². The van der Waals surface area contributed by atoms with E-state index < -0.39 is 11.9 Å². The highest BCUT2D eigenvalue weighted by Gasteiger charge is 2.27. The number of phenols is 1. The normalized spacial score (nSPS) is 12.1. The number of rotatable bonds is 5. The van der Waals surface area contributed by atoms with Gasteiger partial charge < -0.3 is 10.2 Å². The van der Waals surface area contributed by atoms with Crippen LogP contribution in [0.5, 0.6) is 5.75 Å². The van der Waals surface area contributed by atoms with E-state index >= 15 is 0 Å². The van der Waals surface area contributed by atoms with Gasteiger partial charge in [-0.3, -0.25) is 4.79 Å². The molecule has 2 aromatic carbocycles. The fourth-order valence-electron chi connectivity index (χ4n) is 2.42. The van der Waals surface area contributed by atoms with Gasteiger partial charge in [0.15, 0.2) is 0 Å². The SMILES string of the molecule is CCc1cc(Br)c(C(Cc2ccccc2)C(=O)O)c(Br)c1O. The molecule has 1 atom stereocenters. The van der Waals surface area contributed by atoms with Gasteiger partial charge in [0.2, 0.25) is 0 Å². The molecule has 0 amide bonds. The second-order valence-electron chi connectivity index (χ2n) is 5.03. The molecule has 0 aliphatic heterocycles. The van der Waals surface area contributed by atoms with E-state index in [0.29, 0.717) is 27.4 Å². The first-order valence-corrected chi connectivity index (χ1v) is 8.50. The van der Waals surface area contributed by atoms with Crippen LogP contribution in [0.1, 0.15) is 29.5 Å². The van der Waals surface area contributed by atoms with E-state index in [2.05, 4.69) is 31.9 Å². The lowest BCUT2D eigenvalue weighted by molar-refractivity contribution is -0.138. The first-order chi connectivity index (χ1) is 10.5. The summed E-state index contributed by atoms with van der Waals surface area (Å²) in [6, 6.07) is 11.3. The number of carbonyl (C=O) groups is 1. The number of aryl methyl sites for hydroxylation is 1. The van der Waals surface area contributed by atoms with Crippen LogP contribution in [0.2, 0.25) is 0 Å². The maximum atomic E-state index is 11.8. The van der Waals surface area contributed by atoms with Gasteiger partial charge in [0, 0.05) is 4.47 Å². The number of carboxylic acids is 1. The first kappa shape index (κ1) is 17.0. The van der Waals surface area contributed by atoms with Crippen LogP contribution in [-0.4, -0.2) is 16.2 Å². The molecule has 0 aliphatic carbocycles. The number of phenolic OH excluding ortho intramolecular Hbond substituents is 1. The van der Waals surface area contributed by atoms with Gasteiger partial charge in [-0.15, -0.1) is 0 Å². The Kier molecular flexibility index (Phi) is 5.64. The van der Waals surface area contributed by atoms with E-state index in [-0.39, 0.29) is 5.75 Å². The zero-order valence-electron chi connectivity index (χ0n) is 12.0. The number of benzene rings is 2. The van der Waals surface area contributed by atoms with Crippen LogP contribution in [0.3, 0.4) is 0 Å². The van der Waals surface area contributed by atoms with Gasteiger partial charge in [0.25, 0.3) is 0 Å². The molecule has 0 saturated carbocycles. The monoisotopic (exact) mass is 426 g/mol. The van der Waals surface area contributed by atoms with Gasteiger partial charge in [-0.1, -0.05) is 53.2 Å². The minimum absolute atomic E-state index is 0.111. The highest BCUT2D eigenvalue weighted by Crippen LogP contribution is 2.41. The number of aromatic hydroxyl groups is 1. The molecule has 3 nitrogen and oxygen atoms in total. The maximum absolute atomic E-state index is 11.8. The molecule has 0 fully saturated rings. The molecule has 2 rings (SSSR count). The molecule has 22 heavy (non-hydrogen) atoms. The Morgan fingerprint density at radius 2 is 1.86 bits per heavy atom. The Bertz CT molecular complexity index is 684. The van der Waals surface area contributed by atoms with Crippen LogP contribution in [0.15, 0.2) is 45.3 Å². The second-order valence-corrected chi connectivity index (χ2v) is 6.68. The van der Waals surface area contributed by atoms with E-state index in [4.69, 9.17) is 0 Å².